The van der Waals surface area contributed by atoms with Gasteiger partial charge >= 0.3 is 5.97 Å². The molecule has 1 saturated heterocycles. The Balaban J connectivity index is 2.02. The van der Waals surface area contributed by atoms with Crippen LogP contribution in [0.1, 0.15) is 12.8 Å². The van der Waals surface area contributed by atoms with Crippen LogP contribution in [0.2, 0.25) is 0 Å². The van der Waals surface area contributed by atoms with Gasteiger partial charge in [-0.05, 0) is 6.54 Å². The van der Waals surface area contributed by atoms with Gasteiger partial charge in [0, 0.05) is 19.4 Å². The lowest BCUT2D eigenvalue weighted by atomic mass is 9.97. The van der Waals surface area contributed by atoms with E-state index in [0.717, 1.165) is 19.5 Å². The number of carbonyl (C=O) groups excluding carboxylic acids is 1. The number of methoxy groups -OCH3 is 1. The molecule has 0 aromatic rings. The average molecular weight is 184 g/mol. The van der Waals surface area contributed by atoms with Crippen molar-refractivity contribution in [2.24, 2.45) is 5.16 Å². The molecule has 0 amide bonds. The molecule has 2 aliphatic heterocycles. The molecule has 0 saturated carbocycles. The van der Waals surface area contributed by atoms with Crippen LogP contribution >= 0.6 is 0 Å². The monoisotopic (exact) mass is 184 g/mol. The molecule has 13 heavy (non-hydrogen) atoms. The Hall–Kier alpha value is -1.10. The number of rotatable bonds is 1. The van der Waals surface area contributed by atoms with Gasteiger partial charge in [0.2, 0.25) is 0 Å². The first-order chi connectivity index (χ1) is 6.26. The number of nitrogens with zero attached hydrogens (tertiary/aromatic N) is 1. The molecule has 5 nitrogen and oxygen atoms in total. The molecule has 2 rings (SSSR count). The summed E-state index contributed by atoms with van der Waals surface area (Å²) in [6.07, 6.45) is 1.46. The maximum atomic E-state index is 11.1. The Morgan fingerprint density at radius 2 is 2.62 bits per heavy atom. The minimum Gasteiger partial charge on any atom is -0.464 e. The number of ether oxygens (including phenoxy) is 1. The zero-order valence-electron chi connectivity index (χ0n) is 7.50. The minimum absolute atomic E-state index is 0.274. The van der Waals surface area contributed by atoms with Crippen molar-refractivity contribution < 1.29 is 14.4 Å². The van der Waals surface area contributed by atoms with Crippen LogP contribution < -0.4 is 5.32 Å². The van der Waals surface area contributed by atoms with Gasteiger partial charge in [-0.1, -0.05) is 5.16 Å². The first-order valence-electron chi connectivity index (χ1n) is 4.30. The third-order valence-corrected chi connectivity index (χ3v) is 2.46. The SMILES string of the molecule is COC(=O)C1=NO[C@@]2(CCNC2)C1. The summed E-state index contributed by atoms with van der Waals surface area (Å²) >= 11 is 0. The summed E-state index contributed by atoms with van der Waals surface area (Å²) in [5.74, 6) is -0.385. The molecule has 5 heteroatoms. The third-order valence-electron chi connectivity index (χ3n) is 2.46. The van der Waals surface area contributed by atoms with Crippen LogP contribution in [-0.4, -0.2) is 37.5 Å². The van der Waals surface area contributed by atoms with E-state index in [1.807, 2.05) is 0 Å². The second-order valence-corrected chi connectivity index (χ2v) is 3.41. The molecule has 0 unspecified atom stereocenters. The summed E-state index contributed by atoms with van der Waals surface area (Å²) in [6.45, 7) is 1.68. The molecule has 0 radical (unpaired) electrons. The van der Waals surface area contributed by atoms with Crippen LogP contribution in [0.5, 0.6) is 0 Å². The lowest BCUT2D eigenvalue weighted by molar-refractivity contribution is -0.132. The zero-order chi connectivity index (χ0) is 9.31. The van der Waals surface area contributed by atoms with Crippen molar-refractivity contribution in [2.45, 2.75) is 18.4 Å². The smallest absolute Gasteiger partial charge is 0.355 e. The van der Waals surface area contributed by atoms with Crippen LogP contribution in [0.25, 0.3) is 0 Å². The van der Waals surface area contributed by atoms with Gasteiger partial charge in [0.1, 0.15) is 0 Å². The summed E-state index contributed by atoms with van der Waals surface area (Å²) in [6, 6.07) is 0. The van der Waals surface area contributed by atoms with Gasteiger partial charge in [0.15, 0.2) is 11.3 Å². The Morgan fingerprint density at radius 3 is 3.23 bits per heavy atom. The largest absolute Gasteiger partial charge is 0.464 e. The second-order valence-electron chi connectivity index (χ2n) is 3.41. The third kappa shape index (κ3) is 1.39. The molecule has 0 bridgehead atoms. The highest BCUT2D eigenvalue weighted by molar-refractivity contribution is 6.36. The average Bonchev–Trinajstić information content (AvgIpc) is 2.76. The zero-order valence-corrected chi connectivity index (χ0v) is 7.50. The summed E-state index contributed by atoms with van der Waals surface area (Å²) in [7, 11) is 1.35. The number of esters is 1. The predicted octanol–water partition coefficient (Wildman–Crippen LogP) is -0.332. The fourth-order valence-electron chi connectivity index (χ4n) is 1.70. The van der Waals surface area contributed by atoms with E-state index >= 15 is 0 Å². The molecule has 1 N–H and O–H groups in total. The van der Waals surface area contributed by atoms with E-state index in [-0.39, 0.29) is 11.6 Å². The van der Waals surface area contributed by atoms with Crippen LogP contribution in [0, 0.1) is 0 Å². The quantitative estimate of drug-likeness (QED) is 0.567. The topological polar surface area (TPSA) is 59.9 Å². The van der Waals surface area contributed by atoms with Crippen LogP contribution in [-0.2, 0) is 14.4 Å². The highest BCUT2D eigenvalue weighted by atomic mass is 16.7. The maximum Gasteiger partial charge on any atom is 0.355 e. The van der Waals surface area contributed by atoms with Crippen LogP contribution in [0.4, 0.5) is 0 Å². The number of hydrogen-bond donors (Lipinski definition) is 1. The van der Waals surface area contributed by atoms with E-state index in [2.05, 4.69) is 15.2 Å². The van der Waals surface area contributed by atoms with E-state index in [0.29, 0.717) is 12.1 Å². The summed E-state index contributed by atoms with van der Waals surface area (Å²) in [5, 5.41) is 6.93. The Kier molecular flexibility index (Phi) is 1.95. The summed E-state index contributed by atoms with van der Waals surface area (Å²) < 4.78 is 4.57. The fraction of sp³-hybridized carbons (Fsp3) is 0.750. The van der Waals surface area contributed by atoms with Crippen molar-refractivity contribution in [3.8, 4) is 0 Å². The predicted molar refractivity (Wildman–Crippen MR) is 45.4 cm³/mol. The number of oxime groups is 1. The van der Waals surface area contributed by atoms with Crippen molar-refractivity contribution in [2.75, 3.05) is 20.2 Å². The molecular weight excluding hydrogens is 172 g/mol. The lowest BCUT2D eigenvalue weighted by Gasteiger charge is -2.17. The minimum atomic E-state index is -0.385. The van der Waals surface area contributed by atoms with Crippen molar-refractivity contribution >= 4 is 11.7 Å². The molecule has 0 aromatic carbocycles. The number of carbonyl (C=O) groups is 1. The van der Waals surface area contributed by atoms with E-state index in [9.17, 15) is 4.79 Å². The number of nitrogens with one attached hydrogen (secondary N) is 1. The van der Waals surface area contributed by atoms with Crippen molar-refractivity contribution in [3.63, 3.8) is 0 Å². The molecule has 0 aromatic heterocycles. The first-order valence-corrected chi connectivity index (χ1v) is 4.30. The molecule has 0 aliphatic carbocycles. The number of hydrogen-bond acceptors (Lipinski definition) is 5. The summed E-state index contributed by atoms with van der Waals surface area (Å²) in [5.41, 5.74) is 0.120. The normalized spacial score (nSPS) is 31.6. The van der Waals surface area contributed by atoms with Gasteiger partial charge in [0.25, 0.3) is 0 Å². The molecule has 1 atom stereocenters. The Labute approximate surface area is 76.1 Å². The van der Waals surface area contributed by atoms with Crippen molar-refractivity contribution in [1.29, 1.82) is 0 Å². The van der Waals surface area contributed by atoms with E-state index in [1.54, 1.807) is 0 Å². The van der Waals surface area contributed by atoms with Gasteiger partial charge in [-0.2, -0.15) is 0 Å². The maximum absolute atomic E-state index is 11.1. The van der Waals surface area contributed by atoms with Gasteiger partial charge in [0.05, 0.1) is 7.11 Å². The molecular formula is C8H12N2O3. The molecule has 1 fully saturated rings. The van der Waals surface area contributed by atoms with Gasteiger partial charge in [-0.25, -0.2) is 4.79 Å². The van der Waals surface area contributed by atoms with E-state index < -0.39 is 0 Å². The second kappa shape index (κ2) is 2.99. The van der Waals surface area contributed by atoms with E-state index in [1.165, 1.54) is 7.11 Å². The van der Waals surface area contributed by atoms with Crippen LogP contribution in [0.3, 0.4) is 0 Å². The fourth-order valence-corrected chi connectivity index (χ4v) is 1.70. The molecule has 2 aliphatic rings. The molecule has 72 valence electrons. The van der Waals surface area contributed by atoms with Gasteiger partial charge in [-0.3, -0.25) is 0 Å². The summed E-state index contributed by atoms with van der Waals surface area (Å²) in [4.78, 5) is 16.4. The van der Waals surface area contributed by atoms with Gasteiger partial charge in [-0.15, -0.1) is 0 Å². The van der Waals surface area contributed by atoms with E-state index in [4.69, 9.17) is 4.84 Å². The van der Waals surface area contributed by atoms with Crippen molar-refractivity contribution in [1.82, 2.24) is 5.32 Å². The Bertz CT molecular complexity index is 256. The molecule has 1 spiro atoms. The lowest BCUT2D eigenvalue weighted by Crippen LogP contribution is -2.32. The first kappa shape index (κ1) is 8.50. The van der Waals surface area contributed by atoms with Crippen molar-refractivity contribution in [3.05, 3.63) is 0 Å². The Morgan fingerprint density at radius 1 is 1.77 bits per heavy atom. The standard InChI is InChI=1S/C8H12N2O3/c1-12-7(11)6-4-8(13-10-6)2-3-9-5-8/h9H,2-5H2,1H3/t8-/m0/s1. The highest BCUT2D eigenvalue weighted by Crippen LogP contribution is 2.29. The molecule has 2 heterocycles. The van der Waals surface area contributed by atoms with Crippen LogP contribution in [0.15, 0.2) is 5.16 Å². The highest BCUT2D eigenvalue weighted by Gasteiger charge is 2.43. The van der Waals surface area contributed by atoms with Gasteiger partial charge < -0.3 is 14.9 Å².